The summed E-state index contributed by atoms with van der Waals surface area (Å²) in [5.74, 6) is -1.52. The predicted octanol–water partition coefficient (Wildman–Crippen LogP) is 6.01. The number of ketones is 2. The molecule has 6 rings (SSSR count). The standard InChI is InChI=1S/C17H13BrO2.C8H8Br2.C8H5NO2.K/c1-10-6-11(8-12(18)7-10)9-15-16(19)13-4-2-3-5-14(13)17(15)20;1-6-2-7(5-9)4-8(10)3-6;10-7-5-3-1-2-4-6(5)8(11)9-7;/h2-8,15H,9H2,1H3;2-4H,5H2,1H3;1-4H,(H,9,10,11);/q;;;+1/p-1. The third kappa shape index (κ3) is 8.76. The Balaban J connectivity index is 0.000000187. The number of Topliss-reactive ketones (excluding diaryl/α,β-unsaturated/α-hetero) is 2. The summed E-state index contributed by atoms with van der Waals surface area (Å²) in [6, 6.07) is 26.1. The van der Waals surface area contributed by atoms with E-state index in [0.29, 0.717) is 28.7 Å². The summed E-state index contributed by atoms with van der Waals surface area (Å²) in [6.07, 6.45) is 0.465. The van der Waals surface area contributed by atoms with E-state index in [1.165, 1.54) is 11.1 Å². The number of halogens is 3. The van der Waals surface area contributed by atoms with Gasteiger partial charge < -0.3 is 14.9 Å². The van der Waals surface area contributed by atoms with Crippen LogP contribution in [0.4, 0.5) is 0 Å². The number of carbonyl (C=O) groups excluding carboxylic acids is 4. The molecule has 1 aliphatic carbocycles. The molecule has 1 heterocycles. The van der Waals surface area contributed by atoms with E-state index in [4.69, 9.17) is 0 Å². The average Bonchev–Trinajstić information content (AvgIpc) is 3.36. The van der Waals surface area contributed by atoms with E-state index in [0.717, 1.165) is 25.4 Å². The summed E-state index contributed by atoms with van der Waals surface area (Å²) >= 11 is 10.3. The van der Waals surface area contributed by atoms with E-state index in [1.807, 2.05) is 25.1 Å². The summed E-state index contributed by atoms with van der Waals surface area (Å²) in [5, 5.41) is 4.20. The van der Waals surface area contributed by atoms with Gasteiger partial charge in [0.05, 0.1) is 17.7 Å². The normalized spacial score (nSPS) is 13.2. The van der Waals surface area contributed by atoms with E-state index in [-0.39, 0.29) is 63.0 Å². The summed E-state index contributed by atoms with van der Waals surface area (Å²) in [4.78, 5) is 46.5. The molecule has 0 radical (unpaired) electrons. The van der Waals surface area contributed by atoms with Gasteiger partial charge in [0.1, 0.15) is 0 Å². The molecule has 0 saturated carbocycles. The van der Waals surface area contributed by atoms with Crippen LogP contribution in [0.3, 0.4) is 0 Å². The molecule has 0 N–H and O–H groups in total. The molecule has 0 atom stereocenters. The number of imide groups is 1. The molecule has 0 saturated heterocycles. The number of hydrogen-bond acceptors (Lipinski definition) is 4. The van der Waals surface area contributed by atoms with Gasteiger partial charge in [0.25, 0.3) is 0 Å². The van der Waals surface area contributed by atoms with E-state index in [9.17, 15) is 19.2 Å². The van der Waals surface area contributed by atoms with Crippen LogP contribution in [0, 0.1) is 19.8 Å². The van der Waals surface area contributed by atoms with E-state index in [1.54, 1.807) is 48.5 Å². The van der Waals surface area contributed by atoms with Gasteiger partial charge in [0.15, 0.2) is 11.6 Å². The Bertz CT molecular complexity index is 1560. The van der Waals surface area contributed by atoms with Crippen LogP contribution in [-0.4, -0.2) is 23.4 Å². The largest absolute Gasteiger partial charge is 1.00 e. The molecule has 9 heteroatoms. The number of hydrogen-bond donors (Lipinski definition) is 0. The maximum atomic E-state index is 12.3. The minimum Gasteiger partial charge on any atom is -0.587 e. The molecule has 5 nitrogen and oxygen atoms in total. The number of rotatable bonds is 3. The first-order valence-corrected chi connectivity index (χ1v) is 15.4. The molecule has 42 heavy (non-hydrogen) atoms. The Hall–Kier alpha value is -1.56. The van der Waals surface area contributed by atoms with E-state index in [2.05, 4.69) is 78.2 Å². The number of amides is 2. The monoisotopic (exact) mass is 775 g/mol. The molecule has 4 aromatic rings. The second-order valence-electron chi connectivity index (χ2n) is 9.71. The first-order chi connectivity index (χ1) is 19.6. The zero-order chi connectivity index (χ0) is 29.7. The summed E-state index contributed by atoms with van der Waals surface area (Å²) in [5.41, 5.74) is 6.69. The van der Waals surface area contributed by atoms with Crippen molar-refractivity contribution in [1.29, 1.82) is 0 Å². The van der Waals surface area contributed by atoms with E-state index >= 15 is 0 Å². The van der Waals surface area contributed by atoms with Crippen molar-refractivity contribution >= 4 is 71.2 Å². The molecule has 0 unspecified atom stereocenters. The molecule has 0 fully saturated rings. The van der Waals surface area contributed by atoms with Crippen LogP contribution >= 0.6 is 47.8 Å². The predicted molar refractivity (Wildman–Crippen MR) is 171 cm³/mol. The molecule has 208 valence electrons. The van der Waals surface area contributed by atoms with Gasteiger partial charge in [-0.3, -0.25) is 9.59 Å². The molecule has 4 aromatic carbocycles. The maximum absolute atomic E-state index is 12.3. The van der Waals surface area contributed by atoms with Crippen molar-refractivity contribution in [3.05, 3.63) is 144 Å². The molecular formula is C33H25Br3KNO4. The minimum absolute atomic E-state index is 0. The Morgan fingerprint density at radius 1 is 0.619 bits per heavy atom. The van der Waals surface area contributed by atoms with E-state index < -0.39 is 17.7 Å². The zero-order valence-electron chi connectivity index (χ0n) is 23.3. The van der Waals surface area contributed by atoms with Crippen LogP contribution in [0.25, 0.3) is 5.32 Å². The minimum atomic E-state index is -0.568. The number of nitrogens with zero attached hydrogens (tertiary/aromatic N) is 1. The van der Waals surface area contributed by atoms with Gasteiger partial charge in [-0.25, -0.2) is 0 Å². The quantitative estimate of drug-likeness (QED) is 0.111. The Labute approximate surface area is 313 Å². The van der Waals surface area contributed by atoms with Crippen LogP contribution in [0.5, 0.6) is 0 Å². The molecule has 0 aromatic heterocycles. The van der Waals surface area contributed by atoms with Crippen molar-refractivity contribution in [2.75, 3.05) is 0 Å². The Morgan fingerprint density at radius 2 is 1.02 bits per heavy atom. The average molecular weight is 778 g/mol. The summed E-state index contributed by atoms with van der Waals surface area (Å²) in [7, 11) is 0. The Kier molecular flexibility index (Phi) is 13.3. The van der Waals surface area contributed by atoms with Crippen molar-refractivity contribution in [2.45, 2.75) is 25.6 Å². The number of fused-ring (bicyclic) bond motifs is 2. The fourth-order valence-electron chi connectivity index (χ4n) is 4.72. The van der Waals surface area contributed by atoms with Gasteiger partial charge in [-0.1, -0.05) is 108 Å². The zero-order valence-corrected chi connectivity index (χ0v) is 31.2. The van der Waals surface area contributed by atoms with Gasteiger partial charge >= 0.3 is 51.4 Å². The topological polar surface area (TPSA) is 82.4 Å². The van der Waals surface area contributed by atoms with Crippen molar-refractivity contribution in [3.63, 3.8) is 0 Å². The van der Waals surface area contributed by atoms with Crippen LogP contribution in [0.1, 0.15) is 63.7 Å². The van der Waals surface area contributed by atoms with Crippen molar-refractivity contribution < 1.29 is 70.6 Å². The van der Waals surface area contributed by atoms with Crippen LogP contribution in [0.15, 0.2) is 93.9 Å². The third-order valence-electron chi connectivity index (χ3n) is 6.48. The first kappa shape index (κ1) is 34.9. The van der Waals surface area contributed by atoms with Gasteiger partial charge in [-0.05, 0) is 66.8 Å². The van der Waals surface area contributed by atoms with Gasteiger partial charge in [-0.2, -0.15) is 0 Å². The van der Waals surface area contributed by atoms with Crippen molar-refractivity contribution in [2.24, 2.45) is 5.92 Å². The first-order valence-electron chi connectivity index (χ1n) is 12.7. The summed E-state index contributed by atoms with van der Waals surface area (Å²) < 4.78 is 2.13. The molecule has 0 bridgehead atoms. The number of alkyl halides is 1. The second-order valence-corrected chi connectivity index (χ2v) is 12.1. The smallest absolute Gasteiger partial charge is 0.587 e. The van der Waals surface area contributed by atoms with Crippen LogP contribution < -0.4 is 51.4 Å². The third-order valence-corrected chi connectivity index (χ3v) is 8.04. The number of benzene rings is 4. The van der Waals surface area contributed by atoms with Crippen molar-refractivity contribution in [1.82, 2.24) is 0 Å². The fourth-order valence-corrected chi connectivity index (χ4v) is 6.35. The molecule has 2 amide bonds. The summed E-state index contributed by atoms with van der Waals surface area (Å²) in [6.45, 7) is 4.10. The maximum Gasteiger partial charge on any atom is 1.00 e. The van der Waals surface area contributed by atoms with Gasteiger partial charge in [-0.15, -0.1) is 0 Å². The van der Waals surface area contributed by atoms with Crippen LogP contribution in [-0.2, 0) is 11.8 Å². The molecule has 1 aliphatic heterocycles. The van der Waals surface area contributed by atoms with Crippen molar-refractivity contribution in [3.8, 4) is 0 Å². The van der Waals surface area contributed by atoms with Crippen LogP contribution in [0.2, 0.25) is 0 Å². The molecule has 0 spiro atoms. The Morgan fingerprint density at radius 3 is 1.45 bits per heavy atom. The fraction of sp³-hybridized carbons (Fsp3) is 0.152. The SMILES string of the molecule is Cc1cc(Br)cc(CBr)c1.Cc1cc(Br)cc(CC2C(=O)c3ccccc3C2=O)c1.O=C1[N-]C(=O)c2ccccc21.[K+]. The number of carbonyl (C=O) groups is 4. The molecule has 2 aliphatic rings. The molecular weight excluding hydrogens is 753 g/mol. The second kappa shape index (κ2) is 16.0. The van der Waals surface area contributed by atoms with Gasteiger partial charge in [0, 0.05) is 36.5 Å². The van der Waals surface area contributed by atoms with Gasteiger partial charge in [0.2, 0.25) is 0 Å². The number of aryl methyl sites for hydroxylation is 2.